The van der Waals surface area contributed by atoms with Gasteiger partial charge >= 0.3 is 5.97 Å². The van der Waals surface area contributed by atoms with Gasteiger partial charge in [0.25, 0.3) is 0 Å². The highest BCUT2D eigenvalue weighted by molar-refractivity contribution is 8.00. The molecule has 19 N–H and O–H groups in total. The molecule has 792 valence electrons. The monoisotopic (exact) mass is 2050 g/mol. The third kappa shape index (κ3) is 30.0. The number of ether oxygens (including phenoxy) is 1. The minimum atomic E-state index is -1.83. The van der Waals surface area contributed by atoms with Crippen molar-refractivity contribution in [1.29, 1.82) is 0 Å². The molecule has 4 aromatic carbocycles. The van der Waals surface area contributed by atoms with Gasteiger partial charge in [-0.05, 0) is 117 Å². The number of nitrogens with zero attached hydrogens (tertiary/aromatic N) is 8. The first-order valence-electron chi connectivity index (χ1n) is 49.5. The summed E-state index contributed by atoms with van der Waals surface area (Å²) in [5, 5.41) is 56.5. The number of aromatic nitrogens is 4. The lowest BCUT2D eigenvalue weighted by Gasteiger charge is -2.36. The van der Waals surface area contributed by atoms with Crippen LogP contribution in [0.15, 0.2) is 110 Å². The number of primary amides is 2. The number of phenolic OH excluding ortho intramolecular Hbond substituents is 1. The first-order chi connectivity index (χ1) is 70.0. The van der Waals surface area contributed by atoms with E-state index in [2.05, 4.69) is 78.8 Å². The van der Waals surface area contributed by atoms with E-state index in [0.29, 0.717) is 69.6 Å². The van der Waals surface area contributed by atoms with E-state index in [9.17, 15) is 53.4 Å². The van der Waals surface area contributed by atoms with Crippen molar-refractivity contribution >= 4 is 163 Å². The molecule has 45 nitrogen and oxygen atoms in total. The Labute approximate surface area is 854 Å². The number of hydrogen-bond donors (Lipinski definition) is 17. The zero-order chi connectivity index (χ0) is 107. The fourth-order valence-corrected chi connectivity index (χ4v) is 19.4. The highest BCUT2D eigenvalue weighted by Crippen LogP contribution is 2.30. The molecule has 15 atom stereocenters. The smallest absolute Gasteiger partial charge is 0.337 e. The second-order valence-electron chi connectivity index (χ2n) is 38.6. The number of thioether (sulfide) groups is 1. The number of carbonyl (C=O) groups is 19. The van der Waals surface area contributed by atoms with Crippen LogP contribution in [-0.2, 0) is 117 Å². The van der Waals surface area contributed by atoms with Gasteiger partial charge in [0, 0.05) is 125 Å². The third-order valence-electron chi connectivity index (χ3n) is 26.6. The minimum Gasteiger partial charge on any atom is -0.508 e. The van der Waals surface area contributed by atoms with E-state index in [-0.39, 0.29) is 113 Å². The molecule has 11 rings (SSSR count). The first-order valence-corrected chi connectivity index (χ1v) is 50.7. The number of phenols is 1. The lowest BCUT2D eigenvalue weighted by molar-refractivity contribution is -0.149. The summed E-state index contributed by atoms with van der Waals surface area (Å²) in [4.78, 5) is 299. The zero-order valence-electron chi connectivity index (χ0n) is 84.4. The van der Waals surface area contributed by atoms with Crippen LogP contribution in [0.2, 0.25) is 0 Å². The van der Waals surface area contributed by atoms with Gasteiger partial charge in [-0.1, -0.05) is 122 Å². The number of methoxy groups -OCH3 is 1. The molecular weight excluding hydrogens is 1920 g/mol. The summed E-state index contributed by atoms with van der Waals surface area (Å²) in [5.41, 5.74) is 14.2. The Kier molecular flexibility index (Phi) is 40.0. The average Bonchev–Trinajstić information content (AvgIpc) is 1.63. The maximum absolute atomic E-state index is 16.1. The number of carbonyl (C=O) groups excluding carboxylic acids is 19. The van der Waals surface area contributed by atoms with Crippen LogP contribution in [0.5, 0.6) is 5.75 Å². The van der Waals surface area contributed by atoms with Gasteiger partial charge in [0.15, 0.2) is 0 Å². The van der Waals surface area contributed by atoms with E-state index in [1.807, 2.05) is 13.8 Å². The Balaban J connectivity index is 0.981. The van der Waals surface area contributed by atoms with Crippen molar-refractivity contribution in [2.75, 3.05) is 77.8 Å². The second-order valence-corrected chi connectivity index (χ2v) is 39.6. The van der Waals surface area contributed by atoms with Crippen LogP contribution in [-0.4, -0.2) is 330 Å². The van der Waals surface area contributed by atoms with E-state index < -0.39 is 253 Å². The number of anilines is 1. The Morgan fingerprint density at radius 3 is 1.92 bits per heavy atom. The number of hydrogen-bond acceptors (Lipinski definition) is 26. The molecule has 46 heteroatoms. The van der Waals surface area contributed by atoms with Gasteiger partial charge in [-0.15, -0.1) is 11.8 Å². The number of H-pyrrole nitrogens is 1. The molecule has 3 fully saturated rings. The van der Waals surface area contributed by atoms with Crippen LogP contribution in [0.1, 0.15) is 159 Å². The maximum atomic E-state index is 16.1. The molecule has 7 aromatic rings. The number of nitrogens with one attached hydrogen (secondary N) is 13. The maximum Gasteiger partial charge on any atom is 0.337 e. The number of fused-ring (bicyclic) bond motifs is 12. The summed E-state index contributed by atoms with van der Waals surface area (Å²) >= 11 is 0.786. The molecule has 3 saturated heterocycles. The largest absolute Gasteiger partial charge is 0.508 e. The van der Waals surface area contributed by atoms with E-state index in [4.69, 9.17) is 16.2 Å². The summed E-state index contributed by atoms with van der Waals surface area (Å²) in [7, 11) is 5.17. The molecule has 7 heterocycles. The number of aliphatic hydroxyl groups is 1. The molecule has 0 radical (unpaired) electrons. The third-order valence-corrected chi connectivity index (χ3v) is 27.7. The van der Waals surface area contributed by atoms with Gasteiger partial charge in [-0.25, -0.2) is 14.8 Å². The van der Waals surface area contributed by atoms with Gasteiger partial charge in [0.2, 0.25) is 112 Å². The fraction of sp³-hybridized carbons (Fsp3) is 0.515. The van der Waals surface area contributed by atoms with Crippen molar-refractivity contribution in [2.24, 2.45) is 23.3 Å². The van der Waals surface area contributed by atoms with E-state index in [0.717, 1.165) is 26.5 Å². The Bertz CT molecular complexity index is 6010. The molecule has 4 aliphatic rings. The summed E-state index contributed by atoms with van der Waals surface area (Å²) in [6, 6.07) is 2.25. The zero-order valence-corrected chi connectivity index (χ0v) is 85.2. The predicted octanol–water partition coefficient (Wildman–Crippen LogP) is -0.269. The molecule has 0 unspecified atom stereocenters. The van der Waals surface area contributed by atoms with Crippen molar-refractivity contribution in [2.45, 2.75) is 248 Å². The number of aliphatic hydroxyl groups excluding tert-OH is 1. The number of aromatic hydroxyl groups is 1. The topological polar surface area (TPSA) is 633 Å². The predicted molar refractivity (Wildman–Crippen MR) is 541 cm³/mol. The van der Waals surface area contributed by atoms with E-state index in [1.54, 1.807) is 99.3 Å². The number of rotatable bonds is 23. The van der Waals surface area contributed by atoms with Crippen LogP contribution in [0.25, 0.3) is 32.7 Å². The number of unbranched alkanes of at least 4 members (excludes halogenated alkanes) is 2. The van der Waals surface area contributed by atoms with Crippen molar-refractivity contribution < 1.29 is 106 Å². The van der Waals surface area contributed by atoms with Crippen molar-refractivity contribution in [3.63, 3.8) is 0 Å². The quantitative estimate of drug-likeness (QED) is 0.0367. The highest BCUT2D eigenvalue weighted by Gasteiger charge is 2.47. The number of likely N-dealkylation sites (N-methyl/N-ethyl adjacent to an activating group) is 3. The number of nitrogens with two attached hydrogens (primary N) is 2. The summed E-state index contributed by atoms with van der Waals surface area (Å²) in [6.07, 6.45) is 2.35. The molecule has 4 bridgehead atoms. The van der Waals surface area contributed by atoms with Gasteiger partial charge in [-0.3, -0.25) is 86.3 Å². The van der Waals surface area contributed by atoms with Gasteiger partial charge in [0.1, 0.15) is 96.9 Å². The lowest BCUT2D eigenvalue weighted by Crippen LogP contribution is -2.62. The number of para-hydroxylation sites is 2. The standard InChI is InChI=1S/C101H135N23O22S/c1-12-14-24-78-92(137)111-69(37-54(3)4)89(134)117-76(87(132)106-48-83(103)128)52-147-53-85(130)109-72(39-57-28-32-62(125)33-29-57)95(140)119(8)56(7)86(131)113-74(44-82(102)127)97(142)123-36-20-27-79(123)93(138)116-75(47-108-101-107-45-59-31-30-58(100(145)146-11)40-68(59)118-101)91(136)114-71(38-55(5)6)98(143)124-50-63(126)43-81(124)94(139)112-70(41-60-46-105-66-23-18-16-21-64(60)66)90(135)110-67-34-35-104-84(129)51-122-49-61(65-22-17-19-26-77(65)122)42-73(115-88(67)133)96(141)121(10)80(25-15-13-2)99(144)120(78)9/h16-19,21-23,26,28-33,40,45-46,49,54-56,63,67,69-76,78-81,105,125-126H,12-15,20,24-25,27,34-39,41-44,47-48,50-53H2,1-11H3,(H2,102,127)(H2,103,128)(H,104,129)(H,106,132)(H,109,130)(H,110,135)(H,111,137)(H,112,139)(H,113,131)(H,114,136)(H,115,133)(H,116,138)(H,117,134)(H,107,108,118)/t56-,63+,67-,69-,70-,71-,72-,73-,74-,75-,76-,78-,79-,80-,81-/m0/s1. The number of amides is 18. The molecular formula is C101H135N23O22S. The molecule has 147 heavy (non-hydrogen) atoms. The van der Waals surface area contributed by atoms with Crippen LogP contribution in [0.3, 0.4) is 0 Å². The number of aromatic amines is 1. The highest BCUT2D eigenvalue weighted by atomic mass is 32.2. The summed E-state index contributed by atoms with van der Waals surface area (Å²) < 4.78 is 6.62. The van der Waals surface area contributed by atoms with Crippen LogP contribution in [0, 0.1) is 11.8 Å². The number of benzene rings is 4. The molecule has 4 aliphatic heterocycles. The van der Waals surface area contributed by atoms with Gasteiger partial charge in [0.05, 0.1) is 43.0 Å². The fourth-order valence-electron chi connectivity index (χ4n) is 18.6. The Hall–Kier alpha value is -14.9. The van der Waals surface area contributed by atoms with Crippen molar-refractivity contribution in [1.82, 2.24) is 103 Å². The molecule has 0 aliphatic carbocycles. The molecule has 0 spiro atoms. The Morgan fingerprint density at radius 2 is 1.22 bits per heavy atom. The second kappa shape index (κ2) is 52.3. The summed E-state index contributed by atoms with van der Waals surface area (Å²) in [6.45, 7) is 9.49. The SMILES string of the molecule is CCCC[C@H]1C(=O)N(C)[C@@H](CCCC)C(=O)N[C@@H](CC(C)C)C(=O)N[C@H](C(=O)NCC(N)=O)CSCC(=O)N[C@@H](Cc2ccc(O)cc2)C(=O)N(C)[C@@H](C)C(=O)N[C@@H](CC(N)=O)C(=O)N2CCC[C@H]2C(=O)N[C@@H](CNc2ncc3ccc(C(=O)OC)cc3n2)C(=O)N[C@@H](CC(C)C)C(=O)N2C[C@H](O)C[C@H]2C(=O)N[C@@H](Cc2c[nH]c3ccccc23)C(=O)N[C@H]2CCNC(=O)Cn3cc(c4ccccc43)C[C@H](NC2=O)C(=O)N1C. The normalized spacial score (nSPS) is 24.3. The van der Waals surface area contributed by atoms with Crippen LogP contribution >= 0.6 is 11.8 Å². The molecule has 18 amide bonds. The Morgan fingerprint density at radius 1 is 0.599 bits per heavy atom. The van der Waals surface area contributed by atoms with Gasteiger partial charge in [-0.2, -0.15) is 0 Å². The average molecular weight is 2060 g/mol. The molecule has 0 saturated carbocycles. The lowest BCUT2D eigenvalue weighted by atomic mass is 9.99. The minimum absolute atomic E-state index is 0.00790. The van der Waals surface area contributed by atoms with E-state index in [1.165, 1.54) is 87.6 Å². The van der Waals surface area contributed by atoms with E-state index >= 15 is 47.9 Å². The van der Waals surface area contributed by atoms with Crippen LogP contribution in [0.4, 0.5) is 5.95 Å². The first kappa shape index (κ1) is 112. The van der Waals surface area contributed by atoms with Gasteiger partial charge < -0.3 is 124 Å². The number of esters is 1. The van der Waals surface area contributed by atoms with Crippen LogP contribution < -0.4 is 75.3 Å². The van der Waals surface area contributed by atoms with Crippen molar-refractivity contribution in [3.05, 3.63) is 132 Å². The summed E-state index contributed by atoms with van der Waals surface area (Å²) in [5.74, 6) is -19.2. The molecule has 3 aromatic heterocycles. The van der Waals surface area contributed by atoms with Crippen molar-refractivity contribution in [3.8, 4) is 5.75 Å².